The van der Waals surface area contributed by atoms with Crippen molar-refractivity contribution in [3.63, 3.8) is 0 Å². The monoisotopic (exact) mass is 736 g/mol. The first-order chi connectivity index (χ1) is 21.5. The number of hydrogen-bond donors (Lipinski definition) is 2. The number of carbonyl (C=O) groups is 1. The first-order valence-corrected chi connectivity index (χ1v) is 17.9. The molecule has 14 heteroatoms. The summed E-state index contributed by atoms with van der Waals surface area (Å²) < 4.78 is 26.2. The van der Waals surface area contributed by atoms with E-state index in [0.717, 1.165) is 31.3 Å². The molecule has 2 fully saturated rings. The van der Waals surface area contributed by atoms with Gasteiger partial charge in [0.15, 0.2) is 23.1 Å². The van der Waals surface area contributed by atoms with Crippen molar-refractivity contribution in [2.75, 3.05) is 38.4 Å². The molecule has 4 aromatic rings. The Kier molecular flexibility index (Phi) is 13.1. The van der Waals surface area contributed by atoms with Crippen molar-refractivity contribution in [3.05, 3.63) is 48.3 Å². The number of ether oxygens (including phenoxy) is 2. The Bertz CT molecular complexity index is 1500. The van der Waals surface area contributed by atoms with Gasteiger partial charge in [-0.2, -0.15) is 0 Å². The fourth-order valence-electron chi connectivity index (χ4n) is 4.99. The molecule has 11 nitrogen and oxygen atoms in total. The standard InChI is InChI=1S/C19H17FIN7O2S.C6H12.C5H9NO/c1-29-11-4-3-10(14(5-11)30-2)6-23-18-15-12(17-24-7-13(20)16(22)27-17)8-28(31-21)19(15)26-9-25-18;1-2-4-6-5-3-1;7-5-6-3-1-2-4-6/h3-5,7-9H,6H2,1-2H3,(H2,22,24,27)(H,23,25,26);1-6H2;5H,1-4H2. The molecule has 1 amide bonds. The highest BCUT2D eigenvalue weighted by Gasteiger charge is 2.19. The Morgan fingerprint density at radius 1 is 1.05 bits per heavy atom. The van der Waals surface area contributed by atoms with Crippen molar-refractivity contribution in [2.24, 2.45) is 0 Å². The Balaban J connectivity index is 0.000000278. The van der Waals surface area contributed by atoms with Crippen molar-refractivity contribution in [1.82, 2.24) is 28.8 Å². The number of amides is 1. The second-order valence-electron chi connectivity index (χ2n) is 10.3. The van der Waals surface area contributed by atoms with Crippen LogP contribution in [0.5, 0.6) is 11.5 Å². The fourth-order valence-corrected chi connectivity index (χ4v) is 6.23. The van der Waals surface area contributed by atoms with Crippen molar-refractivity contribution >= 4 is 59.4 Å². The topological polar surface area (TPSA) is 133 Å². The van der Waals surface area contributed by atoms with E-state index >= 15 is 0 Å². The van der Waals surface area contributed by atoms with Gasteiger partial charge in [0.1, 0.15) is 23.6 Å². The molecule has 0 bridgehead atoms. The van der Waals surface area contributed by atoms with Crippen molar-refractivity contribution in [3.8, 4) is 22.9 Å². The number of benzene rings is 1. The molecular weight excluding hydrogens is 698 g/mol. The molecule has 1 aliphatic carbocycles. The van der Waals surface area contributed by atoms with Crippen LogP contribution in [0.2, 0.25) is 0 Å². The number of hydrogen-bond acceptors (Lipinski definition) is 10. The van der Waals surface area contributed by atoms with Gasteiger partial charge in [0, 0.05) is 67.8 Å². The summed E-state index contributed by atoms with van der Waals surface area (Å²) in [5, 5.41) is 4.03. The minimum Gasteiger partial charge on any atom is -0.497 e. The third-order valence-electron chi connectivity index (χ3n) is 7.37. The summed E-state index contributed by atoms with van der Waals surface area (Å²) in [6.07, 6.45) is 16.7. The van der Waals surface area contributed by atoms with E-state index in [2.05, 4.69) is 46.5 Å². The van der Waals surface area contributed by atoms with Crippen LogP contribution in [0, 0.1) is 5.82 Å². The zero-order valence-electron chi connectivity index (χ0n) is 25.0. The molecule has 0 radical (unpaired) electrons. The predicted octanol–water partition coefficient (Wildman–Crippen LogP) is 6.66. The first kappa shape index (κ1) is 33.5. The van der Waals surface area contributed by atoms with Gasteiger partial charge in [-0.15, -0.1) is 0 Å². The molecule has 0 spiro atoms. The summed E-state index contributed by atoms with van der Waals surface area (Å²) >= 11 is 2.15. The van der Waals surface area contributed by atoms with E-state index < -0.39 is 5.82 Å². The number of aromatic nitrogens is 5. The molecule has 44 heavy (non-hydrogen) atoms. The Labute approximate surface area is 273 Å². The Morgan fingerprint density at radius 2 is 1.75 bits per heavy atom. The molecule has 0 unspecified atom stereocenters. The molecule has 6 rings (SSSR count). The molecule has 3 N–H and O–H groups in total. The number of methoxy groups -OCH3 is 2. The van der Waals surface area contributed by atoms with Crippen LogP contribution in [0.4, 0.5) is 16.0 Å². The normalized spacial score (nSPS) is 14.2. The van der Waals surface area contributed by atoms with Gasteiger partial charge in [0.05, 0.1) is 31.4 Å². The van der Waals surface area contributed by atoms with Crippen molar-refractivity contribution in [2.45, 2.75) is 57.9 Å². The number of likely N-dealkylation sites (tertiary alicyclic amines) is 1. The zero-order valence-corrected chi connectivity index (χ0v) is 27.9. The molecular formula is C30H38FIN8O3S. The third kappa shape index (κ3) is 8.83. The van der Waals surface area contributed by atoms with E-state index in [1.54, 1.807) is 19.1 Å². The number of nitrogens with two attached hydrogens (primary N) is 1. The Morgan fingerprint density at radius 3 is 2.32 bits per heavy atom. The molecule has 0 atom stereocenters. The van der Waals surface area contributed by atoms with Crippen LogP contribution in [0.3, 0.4) is 0 Å². The van der Waals surface area contributed by atoms with E-state index in [1.807, 2.05) is 28.4 Å². The van der Waals surface area contributed by atoms with Gasteiger partial charge in [0.25, 0.3) is 0 Å². The highest BCUT2D eigenvalue weighted by molar-refractivity contribution is 14.2. The second-order valence-corrected chi connectivity index (χ2v) is 12.0. The van der Waals surface area contributed by atoms with Crippen LogP contribution in [0.25, 0.3) is 22.4 Å². The lowest BCUT2D eigenvalue weighted by molar-refractivity contribution is -0.117. The van der Waals surface area contributed by atoms with E-state index in [9.17, 15) is 9.18 Å². The van der Waals surface area contributed by atoms with E-state index in [4.69, 9.17) is 15.2 Å². The molecule has 1 aliphatic heterocycles. The largest absolute Gasteiger partial charge is 0.497 e. The summed E-state index contributed by atoms with van der Waals surface area (Å²) in [6.45, 7) is 2.39. The van der Waals surface area contributed by atoms with Crippen molar-refractivity contribution < 1.29 is 18.7 Å². The Hall–Kier alpha value is -3.40. The number of nitrogens with zero attached hydrogens (tertiary/aromatic N) is 6. The summed E-state index contributed by atoms with van der Waals surface area (Å²) in [7, 11) is 4.64. The summed E-state index contributed by atoms with van der Waals surface area (Å²) in [4.78, 5) is 28.7. The maximum absolute atomic E-state index is 13.6. The number of nitrogens with one attached hydrogen (secondary N) is 1. The van der Waals surface area contributed by atoms with Gasteiger partial charge in [-0.3, -0.25) is 8.77 Å². The highest BCUT2D eigenvalue weighted by Crippen LogP contribution is 2.36. The predicted molar refractivity (Wildman–Crippen MR) is 181 cm³/mol. The fraction of sp³-hybridized carbons (Fsp3) is 0.433. The third-order valence-corrected chi connectivity index (χ3v) is 9.07. The molecule has 1 saturated heterocycles. The molecule has 2 aliphatic rings. The number of anilines is 2. The highest BCUT2D eigenvalue weighted by atomic mass is 127. The van der Waals surface area contributed by atoms with Gasteiger partial charge in [-0.25, -0.2) is 24.3 Å². The van der Waals surface area contributed by atoms with Crippen LogP contribution >= 0.6 is 30.3 Å². The molecule has 1 saturated carbocycles. The number of carbonyl (C=O) groups excluding carboxylic acids is 1. The van der Waals surface area contributed by atoms with Gasteiger partial charge in [-0.1, -0.05) is 38.5 Å². The van der Waals surface area contributed by atoms with Crippen LogP contribution in [0.15, 0.2) is 36.9 Å². The van der Waals surface area contributed by atoms with Crippen LogP contribution in [0.1, 0.15) is 56.9 Å². The molecule has 4 heterocycles. The lowest BCUT2D eigenvalue weighted by atomic mass is 10.0. The van der Waals surface area contributed by atoms with Crippen molar-refractivity contribution in [1.29, 1.82) is 0 Å². The van der Waals surface area contributed by atoms with Gasteiger partial charge in [-0.05, 0) is 25.0 Å². The average molecular weight is 737 g/mol. The quantitative estimate of drug-likeness (QED) is 0.149. The lowest BCUT2D eigenvalue weighted by Crippen LogP contribution is -2.15. The average Bonchev–Trinajstić information content (AvgIpc) is 3.75. The van der Waals surface area contributed by atoms with E-state index in [0.29, 0.717) is 40.5 Å². The van der Waals surface area contributed by atoms with Crippen LogP contribution in [-0.4, -0.2) is 62.5 Å². The first-order valence-electron chi connectivity index (χ1n) is 14.6. The molecule has 236 valence electrons. The molecule has 3 aromatic heterocycles. The van der Waals surface area contributed by atoms with Gasteiger partial charge >= 0.3 is 0 Å². The number of halogens is 2. The zero-order chi connectivity index (χ0) is 31.3. The maximum atomic E-state index is 13.6. The van der Waals surface area contributed by atoms with Crippen LogP contribution < -0.4 is 20.5 Å². The van der Waals surface area contributed by atoms with E-state index in [1.165, 1.54) is 66.8 Å². The number of fused-ring (bicyclic) bond motifs is 1. The number of nitrogen functional groups attached to an aromatic ring is 1. The van der Waals surface area contributed by atoms with E-state index in [-0.39, 0.29) is 11.6 Å². The molecule has 1 aromatic carbocycles. The summed E-state index contributed by atoms with van der Waals surface area (Å²) in [5.74, 6) is 1.36. The SMILES string of the molecule is C1CCCCC1.COc1ccc(CNc2ncnc3c2c(-c2ncc(F)c(N)n2)cn3SI)c(OC)c1.O=CN1CCCC1. The summed E-state index contributed by atoms with van der Waals surface area (Å²) in [6, 6.07) is 5.59. The summed E-state index contributed by atoms with van der Waals surface area (Å²) in [5.41, 5.74) is 7.88. The number of rotatable bonds is 8. The smallest absolute Gasteiger partial charge is 0.209 e. The maximum Gasteiger partial charge on any atom is 0.209 e. The minimum absolute atomic E-state index is 0.220. The van der Waals surface area contributed by atoms with Gasteiger partial charge < -0.3 is 25.4 Å². The van der Waals surface area contributed by atoms with Crippen LogP contribution in [-0.2, 0) is 11.3 Å². The second kappa shape index (κ2) is 17.2. The minimum atomic E-state index is -0.669. The lowest BCUT2D eigenvalue weighted by Gasteiger charge is -2.12. The van der Waals surface area contributed by atoms with Gasteiger partial charge in [0.2, 0.25) is 6.41 Å².